The Balaban J connectivity index is 0.000000186. The number of phenols is 1. The van der Waals surface area contributed by atoms with Crippen LogP contribution in [-0.4, -0.2) is 5.11 Å². The van der Waals surface area contributed by atoms with Crippen LogP contribution < -0.4 is 4.74 Å². The van der Waals surface area contributed by atoms with Gasteiger partial charge in [0.25, 0.3) is 0 Å². The standard InChI is InChI=1S/C12H8FIO.C7H5F3.C6H5FO/c13-9-5-1-3-7-11(9)15-12-8-4-2-6-10(12)14;8-7(9,10)6-4-2-1-3-5-6;7-5-3-1-2-4-6(5)8/h1-8H;1-5H;1-4,8H. The first-order valence-corrected chi connectivity index (χ1v) is 10.5. The summed E-state index contributed by atoms with van der Waals surface area (Å²) in [6, 6.07) is 25.8. The van der Waals surface area contributed by atoms with Gasteiger partial charge in [-0.2, -0.15) is 13.2 Å². The van der Waals surface area contributed by atoms with Crippen molar-refractivity contribution in [1.82, 2.24) is 0 Å². The number of aromatic hydroxyl groups is 1. The number of halogens is 6. The predicted octanol–water partition coefficient (Wildman–Crippen LogP) is 8.46. The fourth-order valence-corrected chi connectivity index (χ4v) is 2.75. The van der Waals surface area contributed by atoms with Gasteiger partial charge in [-0.3, -0.25) is 0 Å². The molecular formula is C25H18F5IO2. The SMILES string of the molecule is FC(F)(F)c1ccccc1.Fc1ccccc1Oc1ccccc1I.Oc1ccccc1F. The molecule has 2 nitrogen and oxygen atoms in total. The minimum Gasteiger partial charge on any atom is -0.505 e. The molecule has 0 atom stereocenters. The number of phenolic OH excluding ortho intramolecular Hbond substituents is 1. The number of ether oxygens (including phenoxy) is 1. The Morgan fingerprint density at radius 3 is 1.55 bits per heavy atom. The van der Waals surface area contributed by atoms with E-state index in [9.17, 15) is 22.0 Å². The maximum atomic E-state index is 13.3. The highest BCUT2D eigenvalue weighted by molar-refractivity contribution is 14.1. The largest absolute Gasteiger partial charge is 0.505 e. The first kappa shape index (κ1) is 26.1. The second kappa shape index (κ2) is 12.8. The minimum absolute atomic E-state index is 0.251. The van der Waals surface area contributed by atoms with E-state index in [-0.39, 0.29) is 17.3 Å². The van der Waals surface area contributed by atoms with Crippen molar-refractivity contribution in [2.45, 2.75) is 6.18 Å². The molecule has 0 aliphatic heterocycles. The number of benzene rings is 4. The van der Waals surface area contributed by atoms with Crippen LogP contribution in [0.2, 0.25) is 0 Å². The second-order valence-corrected chi connectivity index (χ2v) is 7.44. The maximum absolute atomic E-state index is 13.3. The molecule has 1 N–H and O–H groups in total. The van der Waals surface area contributed by atoms with Crippen molar-refractivity contribution >= 4 is 22.6 Å². The molecule has 0 spiro atoms. The van der Waals surface area contributed by atoms with Crippen LogP contribution in [0.3, 0.4) is 0 Å². The van der Waals surface area contributed by atoms with Crippen LogP contribution in [0.25, 0.3) is 0 Å². The van der Waals surface area contributed by atoms with Gasteiger partial charge in [0.05, 0.1) is 9.13 Å². The minimum atomic E-state index is -4.21. The summed E-state index contributed by atoms with van der Waals surface area (Å²) < 4.78 is 67.1. The Morgan fingerprint density at radius 2 is 1.09 bits per heavy atom. The lowest BCUT2D eigenvalue weighted by molar-refractivity contribution is -0.137. The molecule has 172 valence electrons. The summed E-state index contributed by atoms with van der Waals surface area (Å²) in [5, 5.41) is 8.54. The fraction of sp³-hybridized carbons (Fsp3) is 0.0400. The van der Waals surface area contributed by atoms with Crippen LogP contribution in [0, 0.1) is 15.2 Å². The van der Waals surface area contributed by atoms with E-state index in [1.54, 1.807) is 30.3 Å². The van der Waals surface area contributed by atoms with Crippen molar-refractivity contribution < 1.29 is 31.8 Å². The fourth-order valence-electron chi connectivity index (χ4n) is 2.25. The van der Waals surface area contributed by atoms with Crippen LogP contribution in [-0.2, 0) is 6.18 Å². The van der Waals surface area contributed by atoms with Crippen LogP contribution in [0.4, 0.5) is 22.0 Å². The molecule has 0 saturated heterocycles. The smallest absolute Gasteiger partial charge is 0.416 e. The van der Waals surface area contributed by atoms with Crippen molar-refractivity contribution in [1.29, 1.82) is 0 Å². The molecule has 0 radical (unpaired) electrons. The van der Waals surface area contributed by atoms with E-state index in [1.807, 2.05) is 24.3 Å². The topological polar surface area (TPSA) is 29.5 Å². The molecule has 4 rings (SSSR count). The first-order chi connectivity index (χ1) is 15.7. The van der Waals surface area contributed by atoms with Gasteiger partial charge in [0, 0.05) is 0 Å². The van der Waals surface area contributed by atoms with E-state index < -0.39 is 17.6 Å². The Hall–Kier alpha value is -3.14. The van der Waals surface area contributed by atoms with Gasteiger partial charge in [-0.05, 0) is 59.0 Å². The highest BCUT2D eigenvalue weighted by atomic mass is 127. The zero-order chi connectivity index (χ0) is 24.3. The number of alkyl halides is 3. The quantitative estimate of drug-likeness (QED) is 0.193. The van der Waals surface area contributed by atoms with E-state index in [4.69, 9.17) is 9.84 Å². The van der Waals surface area contributed by atoms with Gasteiger partial charge < -0.3 is 9.84 Å². The van der Waals surface area contributed by atoms with Crippen LogP contribution in [0.1, 0.15) is 5.56 Å². The molecule has 0 unspecified atom stereocenters. The molecule has 4 aromatic rings. The summed E-state index contributed by atoms with van der Waals surface area (Å²) in [7, 11) is 0. The Labute approximate surface area is 201 Å². The summed E-state index contributed by atoms with van der Waals surface area (Å²) in [4.78, 5) is 0. The zero-order valence-electron chi connectivity index (χ0n) is 16.9. The average Bonchev–Trinajstić information content (AvgIpc) is 2.80. The highest BCUT2D eigenvalue weighted by Gasteiger charge is 2.29. The molecule has 0 aliphatic rings. The van der Waals surface area contributed by atoms with E-state index in [0.717, 1.165) is 15.7 Å². The van der Waals surface area contributed by atoms with Gasteiger partial charge >= 0.3 is 6.18 Å². The second-order valence-electron chi connectivity index (χ2n) is 6.28. The van der Waals surface area contributed by atoms with Crippen LogP contribution in [0.5, 0.6) is 17.2 Å². The Morgan fingerprint density at radius 1 is 0.606 bits per heavy atom. The third kappa shape index (κ3) is 9.09. The van der Waals surface area contributed by atoms with Gasteiger partial charge in [0.15, 0.2) is 23.1 Å². The van der Waals surface area contributed by atoms with Crippen molar-refractivity contribution in [2.24, 2.45) is 0 Å². The molecule has 0 aliphatic carbocycles. The summed E-state index contributed by atoms with van der Waals surface area (Å²) >= 11 is 2.15. The van der Waals surface area contributed by atoms with Crippen molar-refractivity contribution in [3.05, 3.63) is 124 Å². The molecule has 33 heavy (non-hydrogen) atoms. The summed E-state index contributed by atoms with van der Waals surface area (Å²) in [6.45, 7) is 0. The van der Waals surface area contributed by atoms with Crippen molar-refractivity contribution in [3.63, 3.8) is 0 Å². The van der Waals surface area contributed by atoms with E-state index in [0.29, 0.717) is 5.75 Å². The van der Waals surface area contributed by atoms with Gasteiger partial charge in [0.2, 0.25) is 0 Å². The molecule has 0 bridgehead atoms. The summed E-state index contributed by atoms with van der Waals surface area (Å²) in [5.74, 6) is -0.304. The van der Waals surface area contributed by atoms with E-state index >= 15 is 0 Å². The molecule has 0 saturated carbocycles. The summed E-state index contributed by atoms with van der Waals surface area (Å²) in [5.41, 5.74) is -0.602. The number of para-hydroxylation sites is 3. The molecule has 0 aromatic heterocycles. The molecule has 8 heteroatoms. The third-order valence-electron chi connectivity index (χ3n) is 3.85. The first-order valence-electron chi connectivity index (χ1n) is 9.41. The Kier molecular flexibility index (Phi) is 10.1. The molecule has 0 fully saturated rings. The lowest BCUT2D eigenvalue weighted by Gasteiger charge is -2.07. The maximum Gasteiger partial charge on any atom is 0.416 e. The van der Waals surface area contributed by atoms with Gasteiger partial charge in [-0.25, -0.2) is 8.78 Å². The van der Waals surface area contributed by atoms with Gasteiger partial charge in [0.1, 0.15) is 5.75 Å². The predicted molar refractivity (Wildman–Crippen MR) is 125 cm³/mol. The van der Waals surface area contributed by atoms with Crippen LogP contribution >= 0.6 is 22.6 Å². The average molecular weight is 572 g/mol. The molecule has 4 aromatic carbocycles. The molecular weight excluding hydrogens is 554 g/mol. The normalized spacial score (nSPS) is 10.2. The van der Waals surface area contributed by atoms with Gasteiger partial charge in [-0.1, -0.05) is 66.7 Å². The van der Waals surface area contributed by atoms with E-state index in [1.165, 1.54) is 36.4 Å². The van der Waals surface area contributed by atoms with Crippen molar-refractivity contribution in [2.75, 3.05) is 0 Å². The third-order valence-corrected chi connectivity index (χ3v) is 4.74. The van der Waals surface area contributed by atoms with Crippen molar-refractivity contribution in [3.8, 4) is 17.2 Å². The highest BCUT2D eigenvalue weighted by Crippen LogP contribution is 2.29. The molecule has 0 amide bonds. The zero-order valence-corrected chi connectivity index (χ0v) is 19.1. The summed E-state index contributed by atoms with van der Waals surface area (Å²) in [6.07, 6.45) is -4.21. The Bertz CT molecular complexity index is 1070. The van der Waals surface area contributed by atoms with Crippen LogP contribution in [0.15, 0.2) is 103 Å². The number of rotatable bonds is 2. The number of hydrogen-bond acceptors (Lipinski definition) is 2. The number of hydrogen-bond donors (Lipinski definition) is 1. The molecule has 0 heterocycles. The lowest BCUT2D eigenvalue weighted by atomic mass is 10.2. The van der Waals surface area contributed by atoms with E-state index in [2.05, 4.69) is 22.6 Å². The lowest BCUT2D eigenvalue weighted by Crippen LogP contribution is -2.03. The monoisotopic (exact) mass is 572 g/mol. The van der Waals surface area contributed by atoms with Gasteiger partial charge in [-0.15, -0.1) is 0 Å².